The third-order valence-corrected chi connectivity index (χ3v) is 6.68. The van der Waals surface area contributed by atoms with Crippen molar-refractivity contribution in [3.63, 3.8) is 0 Å². The van der Waals surface area contributed by atoms with Gasteiger partial charge in [-0.2, -0.15) is 0 Å². The highest BCUT2D eigenvalue weighted by molar-refractivity contribution is 5.79. The molecular weight excluding hydrogens is 430 g/mol. The van der Waals surface area contributed by atoms with Crippen molar-refractivity contribution in [2.75, 3.05) is 34.2 Å². The first-order valence-electron chi connectivity index (χ1n) is 10.9. The van der Waals surface area contributed by atoms with Gasteiger partial charge in [0.05, 0.1) is 32.8 Å². The maximum atomic E-state index is 13.0. The van der Waals surface area contributed by atoms with Crippen molar-refractivity contribution in [2.45, 2.75) is 25.0 Å². The van der Waals surface area contributed by atoms with E-state index in [1.54, 1.807) is 19.1 Å². The number of phenolic OH excluding ortho intramolecular Hbond substituents is 1. The minimum atomic E-state index is -0.553. The highest BCUT2D eigenvalue weighted by Gasteiger charge is 2.52. The molecular formula is C24H27NO8. The first kappa shape index (κ1) is 21.7. The van der Waals surface area contributed by atoms with E-state index in [0.29, 0.717) is 18.0 Å². The van der Waals surface area contributed by atoms with Crippen LogP contribution in [0.1, 0.15) is 35.6 Å². The second kappa shape index (κ2) is 8.31. The van der Waals surface area contributed by atoms with Gasteiger partial charge in [-0.25, -0.2) is 0 Å². The highest BCUT2D eigenvalue weighted by Crippen LogP contribution is 2.55. The van der Waals surface area contributed by atoms with Crippen LogP contribution >= 0.6 is 0 Å². The zero-order valence-electron chi connectivity index (χ0n) is 18.7. The first-order valence-corrected chi connectivity index (χ1v) is 10.9. The predicted octanol–water partition coefficient (Wildman–Crippen LogP) is 2.08. The molecule has 0 aromatic heterocycles. The maximum Gasteiger partial charge on any atom is 0.310 e. The summed E-state index contributed by atoms with van der Waals surface area (Å²) < 4.78 is 27.6. The van der Waals surface area contributed by atoms with Gasteiger partial charge in [-0.3, -0.25) is 4.79 Å². The van der Waals surface area contributed by atoms with E-state index < -0.39 is 12.0 Å². The zero-order chi connectivity index (χ0) is 23.3. The summed E-state index contributed by atoms with van der Waals surface area (Å²) >= 11 is 0. The molecule has 5 atom stereocenters. The Balaban J connectivity index is 1.71. The molecule has 0 radical (unpaired) electrons. The van der Waals surface area contributed by atoms with Crippen molar-refractivity contribution in [1.82, 2.24) is 5.32 Å². The van der Waals surface area contributed by atoms with Gasteiger partial charge in [-0.15, -0.1) is 0 Å². The third kappa shape index (κ3) is 3.52. The lowest BCUT2D eigenvalue weighted by Crippen LogP contribution is -2.42. The van der Waals surface area contributed by atoms with Crippen LogP contribution in [0.3, 0.4) is 0 Å². The molecule has 1 fully saturated rings. The van der Waals surface area contributed by atoms with Gasteiger partial charge in [0.15, 0.2) is 23.0 Å². The second-order valence-electron chi connectivity index (χ2n) is 8.64. The summed E-state index contributed by atoms with van der Waals surface area (Å²) in [5.74, 6) is 0.325. The molecule has 0 amide bonds. The highest BCUT2D eigenvalue weighted by atomic mass is 16.7. The fraction of sp³-hybridized carbons (Fsp3) is 0.458. The summed E-state index contributed by atoms with van der Waals surface area (Å²) in [6, 6.07) is 7.08. The summed E-state index contributed by atoms with van der Waals surface area (Å²) in [6.07, 6.45) is -0.553. The number of carbonyl (C=O) groups excluding carboxylic acids is 1. The average Bonchev–Trinajstić information content (AvgIpc) is 3.42. The Bertz CT molecular complexity index is 1060. The number of aliphatic hydroxyl groups excluding tert-OH is 1. The number of phenols is 1. The Morgan fingerprint density at radius 2 is 1.70 bits per heavy atom. The Kier molecular flexibility index (Phi) is 5.46. The molecule has 9 heteroatoms. The number of nitrogens with one attached hydrogen (secondary N) is 1. The van der Waals surface area contributed by atoms with Crippen LogP contribution in [0.25, 0.3) is 0 Å². The topological polar surface area (TPSA) is 116 Å². The van der Waals surface area contributed by atoms with Gasteiger partial charge in [-0.1, -0.05) is 0 Å². The molecule has 33 heavy (non-hydrogen) atoms. The normalized spacial score (nSPS) is 25.8. The quantitative estimate of drug-likeness (QED) is 0.561. The number of hydrogen-bond acceptors (Lipinski definition) is 9. The van der Waals surface area contributed by atoms with Crippen LogP contribution in [0.2, 0.25) is 0 Å². The fourth-order valence-corrected chi connectivity index (χ4v) is 5.22. The largest absolute Gasteiger partial charge is 0.502 e. The number of methoxy groups -OCH3 is 2. The van der Waals surface area contributed by atoms with Crippen LogP contribution < -0.4 is 24.3 Å². The van der Waals surface area contributed by atoms with Crippen molar-refractivity contribution in [3.8, 4) is 28.7 Å². The molecule has 2 aromatic carbocycles. The van der Waals surface area contributed by atoms with E-state index in [9.17, 15) is 15.0 Å². The molecule has 2 heterocycles. The lowest BCUT2D eigenvalue weighted by atomic mass is 9.65. The minimum absolute atomic E-state index is 0.104. The summed E-state index contributed by atoms with van der Waals surface area (Å²) in [7, 11) is 2.93. The van der Waals surface area contributed by atoms with Gasteiger partial charge in [-0.05, 0) is 47.9 Å². The van der Waals surface area contributed by atoms with Crippen LogP contribution in [0, 0.1) is 11.8 Å². The Morgan fingerprint density at radius 3 is 2.30 bits per heavy atom. The average molecular weight is 457 g/mol. The van der Waals surface area contributed by atoms with E-state index in [0.717, 1.165) is 16.7 Å². The van der Waals surface area contributed by atoms with Gasteiger partial charge in [0.2, 0.25) is 12.5 Å². The van der Waals surface area contributed by atoms with Gasteiger partial charge in [0.25, 0.3) is 0 Å². The smallest absolute Gasteiger partial charge is 0.310 e. The molecule has 5 rings (SSSR count). The van der Waals surface area contributed by atoms with Gasteiger partial charge in [0.1, 0.15) is 0 Å². The molecule has 1 aliphatic carbocycles. The fourth-order valence-electron chi connectivity index (χ4n) is 5.22. The van der Waals surface area contributed by atoms with Crippen molar-refractivity contribution in [2.24, 2.45) is 11.8 Å². The van der Waals surface area contributed by atoms with E-state index in [1.165, 1.54) is 14.2 Å². The summed E-state index contributed by atoms with van der Waals surface area (Å²) in [6.45, 7) is 2.46. The number of aromatic hydroxyl groups is 1. The van der Waals surface area contributed by atoms with Crippen molar-refractivity contribution in [3.05, 3.63) is 41.0 Å². The monoisotopic (exact) mass is 457 g/mol. The molecule has 1 saturated heterocycles. The van der Waals surface area contributed by atoms with Crippen molar-refractivity contribution in [1.29, 1.82) is 0 Å². The van der Waals surface area contributed by atoms with Crippen LogP contribution in [-0.2, 0) is 9.53 Å². The van der Waals surface area contributed by atoms with E-state index in [-0.39, 0.29) is 54.5 Å². The lowest BCUT2D eigenvalue weighted by molar-refractivity contribution is -0.141. The number of cyclic esters (lactones) is 1. The molecule has 0 unspecified atom stereocenters. The molecule has 176 valence electrons. The van der Waals surface area contributed by atoms with E-state index in [2.05, 4.69) is 5.32 Å². The number of ether oxygens (including phenoxy) is 5. The third-order valence-electron chi connectivity index (χ3n) is 6.68. The maximum absolute atomic E-state index is 13.0. The number of aliphatic hydroxyl groups is 1. The Morgan fingerprint density at radius 1 is 1.06 bits per heavy atom. The Labute approximate surface area is 191 Å². The van der Waals surface area contributed by atoms with Crippen LogP contribution in [0.5, 0.6) is 28.7 Å². The number of carbonyl (C=O) groups is 1. The van der Waals surface area contributed by atoms with Crippen LogP contribution in [0.4, 0.5) is 0 Å². The molecule has 3 aliphatic rings. The summed E-state index contributed by atoms with van der Waals surface area (Å²) in [5.41, 5.74) is 2.59. The van der Waals surface area contributed by atoms with Gasteiger partial charge >= 0.3 is 5.97 Å². The zero-order valence-corrected chi connectivity index (χ0v) is 18.7. The molecule has 0 bridgehead atoms. The summed E-state index contributed by atoms with van der Waals surface area (Å²) in [5, 5.41) is 23.7. The number of fused-ring (bicyclic) bond motifs is 3. The lowest BCUT2D eigenvalue weighted by Gasteiger charge is -2.40. The second-order valence-corrected chi connectivity index (χ2v) is 8.64. The molecule has 0 saturated carbocycles. The minimum Gasteiger partial charge on any atom is -0.502 e. The molecule has 0 spiro atoms. The molecule has 9 nitrogen and oxygen atoms in total. The SMILES string of the molecule is COc1cc([C@@H]2c3cc4c(cc3[C@@H](NC[C@H](C)O)[C@H]3COC(=O)[C@H]23)OCO4)cc(OC)c1O. The number of rotatable bonds is 6. The van der Waals surface area contributed by atoms with E-state index in [1.807, 2.05) is 12.1 Å². The Hall–Kier alpha value is -3.17. The number of benzene rings is 2. The van der Waals surface area contributed by atoms with Gasteiger partial charge < -0.3 is 39.2 Å². The van der Waals surface area contributed by atoms with E-state index in [4.69, 9.17) is 23.7 Å². The standard InChI is InChI=1S/C24H27NO8/c1-11(26)8-25-22-14-7-17-16(32-10-33-17)6-13(14)20(21-15(22)9-31-24(21)28)12-4-18(29-2)23(27)19(5-12)30-3/h4-7,11,15,20-22,25-27H,8-10H2,1-3H3/t11-,15-,20+,21-,22+/m0/s1. The summed E-state index contributed by atoms with van der Waals surface area (Å²) in [4.78, 5) is 13.0. The first-order chi connectivity index (χ1) is 15.9. The van der Waals surface area contributed by atoms with Crippen molar-refractivity contribution >= 4 is 5.97 Å². The molecule has 3 N–H and O–H groups in total. The number of hydrogen-bond donors (Lipinski definition) is 3. The van der Waals surface area contributed by atoms with Crippen molar-refractivity contribution < 1.29 is 38.7 Å². The van der Waals surface area contributed by atoms with Crippen LogP contribution in [-0.4, -0.2) is 56.5 Å². The number of esters is 1. The predicted molar refractivity (Wildman–Crippen MR) is 116 cm³/mol. The van der Waals surface area contributed by atoms with Crippen LogP contribution in [0.15, 0.2) is 24.3 Å². The molecule has 2 aromatic rings. The van der Waals surface area contributed by atoms with E-state index >= 15 is 0 Å². The van der Waals surface area contributed by atoms with Gasteiger partial charge in [0, 0.05) is 24.4 Å². The molecule has 2 aliphatic heterocycles.